The smallest absolute Gasteiger partial charge is 0.321 e. The van der Waals surface area contributed by atoms with E-state index in [1.807, 2.05) is 28.9 Å². The molecule has 5 rings (SSSR count). The summed E-state index contributed by atoms with van der Waals surface area (Å²) in [4.78, 5) is 20.8. The molecule has 1 fully saturated rings. The molecule has 0 spiro atoms. The number of hydrogen-bond acceptors (Lipinski definition) is 5. The van der Waals surface area contributed by atoms with Crippen molar-refractivity contribution in [2.75, 3.05) is 5.32 Å². The standard InChI is InChI=1S/C20H14F3N5OS/c21-20(22,23)14-9-13(5-6-24-14)26-19(29)18-16(11-1-2-11)17(27-30-18)12-3-4-15-25-7-8-28(15)10-12/h3-11H,1-2H2,(H,24,26,29). The van der Waals surface area contributed by atoms with Gasteiger partial charge in [0, 0.05) is 41.6 Å². The molecule has 0 radical (unpaired) electrons. The lowest BCUT2D eigenvalue weighted by Gasteiger charge is -2.09. The van der Waals surface area contributed by atoms with Gasteiger partial charge in [-0.25, -0.2) is 4.98 Å². The first-order valence-electron chi connectivity index (χ1n) is 9.17. The van der Waals surface area contributed by atoms with Crippen molar-refractivity contribution in [3.8, 4) is 11.3 Å². The topological polar surface area (TPSA) is 72.2 Å². The highest BCUT2D eigenvalue weighted by Crippen LogP contribution is 2.47. The monoisotopic (exact) mass is 429 g/mol. The van der Waals surface area contributed by atoms with Crippen LogP contribution in [0.1, 0.15) is 39.7 Å². The molecule has 1 amide bonds. The summed E-state index contributed by atoms with van der Waals surface area (Å²) in [5.41, 5.74) is 2.23. The molecule has 4 heterocycles. The second-order valence-electron chi connectivity index (χ2n) is 7.04. The number of carbonyl (C=O) groups excluding carboxylic acids is 1. The molecule has 0 bridgehead atoms. The van der Waals surface area contributed by atoms with Crippen molar-refractivity contribution >= 4 is 28.8 Å². The molecular formula is C20H14F3N5OS. The largest absolute Gasteiger partial charge is 0.433 e. The number of alkyl halides is 3. The molecule has 4 aromatic rings. The first-order valence-corrected chi connectivity index (χ1v) is 9.95. The van der Waals surface area contributed by atoms with Crippen molar-refractivity contribution in [2.45, 2.75) is 24.9 Å². The van der Waals surface area contributed by atoms with Gasteiger partial charge in [-0.1, -0.05) is 0 Å². The van der Waals surface area contributed by atoms with E-state index in [-0.39, 0.29) is 11.6 Å². The van der Waals surface area contributed by atoms with Gasteiger partial charge in [0.1, 0.15) is 16.2 Å². The number of amides is 1. The summed E-state index contributed by atoms with van der Waals surface area (Å²) in [5, 5.41) is 2.56. The number of nitrogens with one attached hydrogen (secondary N) is 1. The lowest BCUT2D eigenvalue weighted by molar-refractivity contribution is -0.141. The molecule has 10 heteroatoms. The van der Waals surface area contributed by atoms with Crippen LogP contribution < -0.4 is 5.32 Å². The molecule has 152 valence electrons. The zero-order valence-electron chi connectivity index (χ0n) is 15.3. The van der Waals surface area contributed by atoms with Gasteiger partial charge in [0.15, 0.2) is 0 Å². The van der Waals surface area contributed by atoms with Crippen molar-refractivity contribution in [1.82, 2.24) is 18.7 Å². The van der Waals surface area contributed by atoms with Gasteiger partial charge in [0.05, 0.1) is 5.69 Å². The molecule has 0 aliphatic heterocycles. The molecule has 1 saturated carbocycles. The summed E-state index contributed by atoms with van der Waals surface area (Å²) in [6, 6.07) is 5.94. The van der Waals surface area contributed by atoms with E-state index in [0.717, 1.165) is 59.1 Å². The summed E-state index contributed by atoms with van der Waals surface area (Å²) in [7, 11) is 0. The maximum atomic E-state index is 12.9. The predicted octanol–water partition coefficient (Wildman–Crippen LogP) is 5.00. The number of aromatic nitrogens is 4. The minimum absolute atomic E-state index is 0.0406. The molecule has 1 aliphatic rings. The fraction of sp³-hybridized carbons (Fsp3) is 0.200. The first kappa shape index (κ1) is 18.7. The van der Waals surface area contributed by atoms with Crippen molar-refractivity contribution in [3.63, 3.8) is 0 Å². The summed E-state index contributed by atoms with van der Waals surface area (Å²) in [6.07, 6.45) is 3.78. The highest BCUT2D eigenvalue weighted by atomic mass is 32.1. The van der Waals surface area contributed by atoms with Crippen molar-refractivity contribution < 1.29 is 18.0 Å². The highest BCUT2D eigenvalue weighted by Gasteiger charge is 2.35. The quantitative estimate of drug-likeness (QED) is 0.496. The number of imidazole rings is 1. The number of hydrogen-bond donors (Lipinski definition) is 1. The maximum absolute atomic E-state index is 12.9. The molecule has 0 unspecified atom stereocenters. The van der Waals surface area contributed by atoms with Crippen molar-refractivity contribution in [1.29, 1.82) is 0 Å². The van der Waals surface area contributed by atoms with E-state index >= 15 is 0 Å². The summed E-state index contributed by atoms with van der Waals surface area (Å²) >= 11 is 1.06. The minimum Gasteiger partial charge on any atom is -0.321 e. The molecule has 6 nitrogen and oxygen atoms in total. The van der Waals surface area contributed by atoms with Gasteiger partial charge in [0.25, 0.3) is 5.91 Å². The van der Waals surface area contributed by atoms with Crippen LogP contribution in [0.25, 0.3) is 16.9 Å². The van der Waals surface area contributed by atoms with Crippen LogP contribution in [0, 0.1) is 0 Å². The molecule has 4 aromatic heterocycles. The Hall–Kier alpha value is -3.27. The summed E-state index contributed by atoms with van der Waals surface area (Å²) in [5.74, 6) is -0.246. The van der Waals surface area contributed by atoms with Crippen LogP contribution in [0.15, 0.2) is 49.1 Å². The number of fused-ring (bicyclic) bond motifs is 1. The van der Waals surface area contributed by atoms with Crippen molar-refractivity contribution in [2.24, 2.45) is 0 Å². The number of halogens is 3. The second kappa shape index (κ2) is 6.91. The zero-order valence-corrected chi connectivity index (χ0v) is 16.2. The molecular weight excluding hydrogens is 415 g/mol. The number of carbonyl (C=O) groups is 1. The van der Waals surface area contributed by atoms with Gasteiger partial charge in [-0.3, -0.25) is 9.78 Å². The van der Waals surface area contributed by atoms with E-state index in [0.29, 0.717) is 4.88 Å². The fourth-order valence-electron chi connectivity index (χ4n) is 3.33. The van der Waals surface area contributed by atoms with Gasteiger partial charge in [-0.15, -0.1) is 0 Å². The van der Waals surface area contributed by atoms with Crippen LogP contribution in [0.2, 0.25) is 0 Å². The lowest BCUT2D eigenvalue weighted by Crippen LogP contribution is -2.14. The Bertz CT molecular complexity index is 1260. The average molecular weight is 429 g/mol. The van der Waals surface area contributed by atoms with Crippen LogP contribution in [-0.4, -0.2) is 24.6 Å². The van der Waals surface area contributed by atoms with Crippen LogP contribution >= 0.6 is 11.5 Å². The van der Waals surface area contributed by atoms with Gasteiger partial charge in [0.2, 0.25) is 0 Å². The third kappa shape index (κ3) is 3.43. The summed E-state index contributed by atoms with van der Waals surface area (Å²) < 4.78 is 45.1. The Labute approximate surface area is 172 Å². The van der Waals surface area contributed by atoms with Gasteiger partial charge < -0.3 is 9.72 Å². The molecule has 1 N–H and O–H groups in total. The third-order valence-corrected chi connectivity index (χ3v) is 5.75. The summed E-state index contributed by atoms with van der Waals surface area (Å²) in [6.45, 7) is 0. The Morgan fingerprint density at radius 3 is 2.77 bits per heavy atom. The number of nitrogens with zero attached hydrogens (tertiary/aromatic N) is 4. The van der Waals surface area contributed by atoms with Crippen LogP contribution in [0.4, 0.5) is 18.9 Å². The van der Waals surface area contributed by atoms with Gasteiger partial charge >= 0.3 is 6.18 Å². The molecule has 1 aliphatic carbocycles. The number of rotatable bonds is 4. The second-order valence-corrected chi connectivity index (χ2v) is 7.81. The predicted molar refractivity (Wildman–Crippen MR) is 105 cm³/mol. The molecule has 0 saturated heterocycles. The van der Waals surface area contributed by atoms with E-state index in [2.05, 4.69) is 19.7 Å². The lowest BCUT2D eigenvalue weighted by atomic mass is 10.0. The van der Waals surface area contributed by atoms with E-state index in [1.54, 1.807) is 6.20 Å². The average Bonchev–Trinajstić information content (AvgIpc) is 3.27. The fourth-order valence-corrected chi connectivity index (χ4v) is 4.21. The van der Waals surface area contributed by atoms with E-state index in [9.17, 15) is 18.0 Å². The minimum atomic E-state index is -4.58. The SMILES string of the molecule is O=C(Nc1ccnc(C(F)(F)F)c1)c1snc(-c2ccc3nccn3c2)c1C1CC1. The Kier molecular flexibility index (Phi) is 4.31. The number of pyridine rings is 2. The van der Waals surface area contributed by atoms with E-state index in [1.165, 1.54) is 6.07 Å². The van der Waals surface area contributed by atoms with Crippen LogP contribution in [0.5, 0.6) is 0 Å². The van der Waals surface area contributed by atoms with Gasteiger partial charge in [-0.05, 0) is 54.6 Å². The normalized spacial score (nSPS) is 14.2. The third-order valence-electron chi connectivity index (χ3n) is 4.89. The van der Waals surface area contributed by atoms with Crippen LogP contribution in [-0.2, 0) is 6.18 Å². The molecule has 30 heavy (non-hydrogen) atoms. The first-order chi connectivity index (χ1) is 14.4. The van der Waals surface area contributed by atoms with Gasteiger partial charge in [-0.2, -0.15) is 17.5 Å². The molecule has 0 aromatic carbocycles. The maximum Gasteiger partial charge on any atom is 0.433 e. The Morgan fingerprint density at radius 1 is 1.17 bits per heavy atom. The highest BCUT2D eigenvalue weighted by molar-refractivity contribution is 7.08. The van der Waals surface area contributed by atoms with E-state index < -0.39 is 17.8 Å². The Balaban J connectivity index is 1.48. The number of anilines is 1. The van der Waals surface area contributed by atoms with Crippen molar-refractivity contribution in [3.05, 3.63) is 65.2 Å². The zero-order chi connectivity index (χ0) is 20.9. The van der Waals surface area contributed by atoms with E-state index in [4.69, 9.17) is 0 Å². The van der Waals surface area contributed by atoms with Crippen LogP contribution in [0.3, 0.4) is 0 Å². The Morgan fingerprint density at radius 2 is 2.00 bits per heavy atom. The molecule has 0 atom stereocenters.